The number of allylic oxidation sites excluding steroid dienone is 2. The third kappa shape index (κ3) is 4.47. The summed E-state index contributed by atoms with van der Waals surface area (Å²) in [5, 5.41) is 0. The van der Waals surface area contributed by atoms with Crippen molar-refractivity contribution < 1.29 is 9.47 Å². The molecule has 1 heterocycles. The highest BCUT2D eigenvalue weighted by Crippen LogP contribution is 2.42. The maximum absolute atomic E-state index is 6.22. The molecule has 0 N–H and O–H groups in total. The maximum atomic E-state index is 6.22. The van der Waals surface area contributed by atoms with Crippen molar-refractivity contribution in [1.82, 2.24) is 0 Å². The first kappa shape index (κ1) is 18.7. The Morgan fingerprint density at radius 3 is 2.29 bits per heavy atom. The summed E-state index contributed by atoms with van der Waals surface area (Å²) in [6, 6.07) is 8.04. The van der Waals surface area contributed by atoms with E-state index >= 15 is 0 Å². The number of aliphatic imine (C=N–C) groups is 1. The van der Waals surface area contributed by atoms with Crippen LogP contribution in [0.5, 0.6) is 5.75 Å². The topological polar surface area (TPSA) is 30.8 Å². The standard InChI is InChI=1S/C21H31NO2/c1-8-18(16-13-20(3,4)24-21(5,6)14-16)22-15(2)17-11-9-10-12-19(17)23-7/h8-12,16H,13-14H2,1-7H3/b18-8-,22-15?. The van der Waals surface area contributed by atoms with Crippen LogP contribution in [0.3, 0.4) is 0 Å². The number of para-hydroxylation sites is 1. The van der Waals surface area contributed by atoms with Gasteiger partial charge in [0.2, 0.25) is 0 Å². The zero-order valence-electron chi connectivity index (χ0n) is 16.1. The molecule has 3 nitrogen and oxygen atoms in total. The van der Waals surface area contributed by atoms with Gasteiger partial charge in [-0.25, -0.2) is 0 Å². The number of nitrogens with zero attached hydrogens (tertiary/aromatic N) is 1. The fourth-order valence-corrected chi connectivity index (χ4v) is 3.89. The minimum Gasteiger partial charge on any atom is -0.496 e. The van der Waals surface area contributed by atoms with Crippen molar-refractivity contribution in [3.63, 3.8) is 0 Å². The van der Waals surface area contributed by atoms with Crippen LogP contribution in [0.25, 0.3) is 0 Å². The molecule has 1 aliphatic heterocycles. The van der Waals surface area contributed by atoms with Gasteiger partial charge in [-0.1, -0.05) is 18.2 Å². The van der Waals surface area contributed by atoms with Crippen molar-refractivity contribution in [2.75, 3.05) is 7.11 Å². The molecular weight excluding hydrogens is 298 g/mol. The molecule has 3 heteroatoms. The van der Waals surface area contributed by atoms with Crippen LogP contribution in [-0.2, 0) is 4.74 Å². The highest BCUT2D eigenvalue weighted by atomic mass is 16.5. The average molecular weight is 329 g/mol. The first-order valence-electron chi connectivity index (χ1n) is 8.72. The van der Waals surface area contributed by atoms with Gasteiger partial charge in [0.25, 0.3) is 0 Å². The Kier molecular flexibility index (Phi) is 5.54. The lowest BCUT2D eigenvalue weighted by Gasteiger charge is -2.45. The van der Waals surface area contributed by atoms with E-state index in [1.54, 1.807) is 7.11 Å². The molecule has 0 saturated carbocycles. The molecule has 0 atom stereocenters. The van der Waals surface area contributed by atoms with E-state index in [9.17, 15) is 0 Å². The highest BCUT2D eigenvalue weighted by Gasteiger charge is 2.40. The van der Waals surface area contributed by atoms with Gasteiger partial charge < -0.3 is 9.47 Å². The minimum absolute atomic E-state index is 0.130. The summed E-state index contributed by atoms with van der Waals surface area (Å²) < 4.78 is 11.7. The second-order valence-corrected chi connectivity index (χ2v) is 7.84. The van der Waals surface area contributed by atoms with E-state index in [0.29, 0.717) is 5.92 Å². The first-order chi connectivity index (χ1) is 11.2. The Hall–Kier alpha value is -1.61. The summed E-state index contributed by atoms with van der Waals surface area (Å²) in [5.74, 6) is 1.26. The van der Waals surface area contributed by atoms with Crippen LogP contribution in [0, 0.1) is 5.92 Å². The molecule has 24 heavy (non-hydrogen) atoms. The fraction of sp³-hybridized carbons (Fsp3) is 0.571. The number of hydrogen-bond acceptors (Lipinski definition) is 3. The van der Waals surface area contributed by atoms with E-state index in [-0.39, 0.29) is 11.2 Å². The van der Waals surface area contributed by atoms with Crippen LogP contribution in [-0.4, -0.2) is 24.0 Å². The van der Waals surface area contributed by atoms with Gasteiger partial charge in [0.1, 0.15) is 5.75 Å². The molecule has 0 aliphatic carbocycles. The second-order valence-electron chi connectivity index (χ2n) is 7.84. The smallest absolute Gasteiger partial charge is 0.127 e. The number of benzene rings is 1. The van der Waals surface area contributed by atoms with Crippen molar-refractivity contribution >= 4 is 5.71 Å². The monoisotopic (exact) mass is 329 g/mol. The lowest BCUT2D eigenvalue weighted by atomic mass is 9.79. The van der Waals surface area contributed by atoms with Crippen molar-refractivity contribution in [3.8, 4) is 5.75 Å². The van der Waals surface area contributed by atoms with E-state index in [4.69, 9.17) is 14.5 Å². The van der Waals surface area contributed by atoms with Crippen molar-refractivity contribution in [2.45, 2.75) is 65.6 Å². The molecule has 1 saturated heterocycles. The zero-order chi connectivity index (χ0) is 18.0. The SMILES string of the molecule is C/C=C(\N=C(C)c1ccccc1OC)C1CC(C)(C)OC(C)(C)C1. The van der Waals surface area contributed by atoms with Crippen LogP contribution in [0.15, 0.2) is 41.0 Å². The van der Waals surface area contributed by atoms with Gasteiger partial charge >= 0.3 is 0 Å². The summed E-state index contributed by atoms with van der Waals surface area (Å²) in [6.45, 7) is 12.8. The molecule has 1 aliphatic rings. The fourth-order valence-electron chi connectivity index (χ4n) is 3.89. The van der Waals surface area contributed by atoms with Gasteiger partial charge in [-0.2, -0.15) is 0 Å². The van der Waals surface area contributed by atoms with Gasteiger partial charge in [0, 0.05) is 22.9 Å². The molecule has 1 fully saturated rings. The van der Waals surface area contributed by atoms with Crippen molar-refractivity contribution in [2.24, 2.45) is 10.9 Å². The Bertz CT molecular complexity index is 625. The van der Waals surface area contributed by atoms with Gasteiger partial charge in [-0.05, 0) is 66.5 Å². The van der Waals surface area contributed by atoms with Crippen LogP contribution in [0.1, 0.15) is 59.9 Å². The van der Waals surface area contributed by atoms with E-state index < -0.39 is 0 Å². The number of rotatable bonds is 4. The highest BCUT2D eigenvalue weighted by molar-refractivity contribution is 6.01. The number of methoxy groups -OCH3 is 1. The lowest BCUT2D eigenvalue weighted by molar-refractivity contribution is -0.167. The molecule has 0 unspecified atom stereocenters. The van der Waals surface area contributed by atoms with Crippen LogP contribution >= 0.6 is 0 Å². The summed E-state index contributed by atoms with van der Waals surface area (Å²) in [7, 11) is 1.70. The first-order valence-corrected chi connectivity index (χ1v) is 8.72. The van der Waals surface area contributed by atoms with E-state index in [2.05, 4.69) is 53.7 Å². The van der Waals surface area contributed by atoms with Crippen molar-refractivity contribution in [1.29, 1.82) is 0 Å². The molecule has 0 amide bonds. The van der Waals surface area contributed by atoms with E-state index in [0.717, 1.165) is 35.6 Å². The predicted molar refractivity (Wildman–Crippen MR) is 101 cm³/mol. The lowest BCUT2D eigenvalue weighted by Crippen LogP contribution is -2.45. The summed E-state index contributed by atoms with van der Waals surface area (Å²) in [4.78, 5) is 4.97. The predicted octanol–water partition coefficient (Wildman–Crippen LogP) is 5.39. The normalized spacial score (nSPS) is 21.6. The van der Waals surface area contributed by atoms with Crippen LogP contribution in [0.4, 0.5) is 0 Å². The summed E-state index contributed by atoms with van der Waals surface area (Å²) in [5.41, 5.74) is 2.92. The van der Waals surface area contributed by atoms with Crippen molar-refractivity contribution in [3.05, 3.63) is 41.6 Å². The van der Waals surface area contributed by atoms with Gasteiger partial charge in [-0.3, -0.25) is 4.99 Å². The number of ether oxygens (including phenoxy) is 2. The molecule has 0 spiro atoms. The molecule has 0 bridgehead atoms. The molecule has 0 radical (unpaired) electrons. The molecule has 132 valence electrons. The Morgan fingerprint density at radius 1 is 1.17 bits per heavy atom. The van der Waals surface area contributed by atoms with Crippen LogP contribution < -0.4 is 4.74 Å². The third-order valence-electron chi connectivity index (χ3n) is 4.54. The molecule has 1 aromatic carbocycles. The zero-order valence-corrected chi connectivity index (χ0v) is 16.1. The van der Waals surface area contributed by atoms with Gasteiger partial charge in [0.15, 0.2) is 0 Å². The quantitative estimate of drug-likeness (QED) is 0.693. The third-order valence-corrected chi connectivity index (χ3v) is 4.54. The van der Waals surface area contributed by atoms with Crippen LogP contribution in [0.2, 0.25) is 0 Å². The summed E-state index contributed by atoms with van der Waals surface area (Å²) in [6.07, 6.45) is 4.11. The van der Waals surface area contributed by atoms with E-state index in [1.165, 1.54) is 0 Å². The molecular formula is C21H31NO2. The summed E-state index contributed by atoms with van der Waals surface area (Å²) >= 11 is 0. The van der Waals surface area contributed by atoms with E-state index in [1.807, 2.05) is 18.2 Å². The Labute approximate surface area is 146 Å². The largest absolute Gasteiger partial charge is 0.496 e. The molecule has 2 rings (SSSR count). The Morgan fingerprint density at radius 2 is 1.75 bits per heavy atom. The van der Waals surface area contributed by atoms with Gasteiger partial charge in [-0.15, -0.1) is 0 Å². The molecule has 1 aromatic rings. The second kappa shape index (κ2) is 7.10. The number of hydrogen-bond donors (Lipinski definition) is 0. The Balaban J connectivity index is 2.32. The van der Waals surface area contributed by atoms with Gasteiger partial charge in [0.05, 0.1) is 18.3 Å². The average Bonchev–Trinajstić information content (AvgIpc) is 2.49. The maximum Gasteiger partial charge on any atom is 0.127 e. The minimum atomic E-state index is -0.130. The molecule has 0 aromatic heterocycles.